The third-order valence-electron chi connectivity index (χ3n) is 5.85. The molecule has 142 valence electrons. The van der Waals surface area contributed by atoms with Crippen LogP contribution in [0.3, 0.4) is 0 Å². The Morgan fingerprint density at radius 3 is 2.81 bits per heavy atom. The molecule has 1 aromatic heterocycles. The molecule has 0 radical (unpaired) electrons. The van der Waals surface area contributed by atoms with Crippen molar-refractivity contribution in [3.8, 4) is 5.69 Å². The summed E-state index contributed by atoms with van der Waals surface area (Å²) < 4.78 is 15.5. The summed E-state index contributed by atoms with van der Waals surface area (Å²) in [5.41, 5.74) is -0.613. The highest BCUT2D eigenvalue weighted by Crippen LogP contribution is 2.49. The summed E-state index contributed by atoms with van der Waals surface area (Å²) in [7, 11) is 0. The van der Waals surface area contributed by atoms with Crippen LogP contribution in [0.1, 0.15) is 42.6 Å². The van der Waals surface area contributed by atoms with Gasteiger partial charge in [0, 0.05) is 19.5 Å². The van der Waals surface area contributed by atoms with Crippen LogP contribution < -0.4 is 0 Å². The third-order valence-corrected chi connectivity index (χ3v) is 5.85. The Morgan fingerprint density at radius 2 is 2.15 bits per heavy atom. The van der Waals surface area contributed by atoms with Gasteiger partial charge in [0.25, 0.3) is 5.91 Å². The maximum Gasteiger partial charge on any atom is 0.311 e. The van der Waals surface area contributed by atoms with E-state index in [9.17, 15) is 19.1 Å². The van der Waals surface area contributed by atoms with Gasteiger partial charge in [0.15, 0.2) is 0 Å². The van der Waals surface area contributed by atoms with Crippen molar-refractivity contribution in [2.24, 2.45) is 11.3 Å². The number of fused-ring (bicyclic) bond motifs is 1. The molecule has 0 spiro atoms. The zero-order chi connectivity index (χ0) is 19.2. The van der Waals surface area contributed by atoms with Gasteiger partial charge < -0.3 is 10.0 Å². The van der Waals surface area contributed by atoms with E-state index in [1.165, 1.54) is 10.7 Å². The van der Waals surface area contributed by atoms with Gasteiger partial charge in [0.2, 0.25) is 5.82 Å². The van der Waals surface area contributed by atoms with E-state index in [1.54, 1.807) is 23.1 Å². The molecule has 2 atom stereocenters. The largest absolute Gasteiger partial charge is 0.481 e. The second kappa shape index (κ2) is 6.44. The predicted molar refractivity (Wildman–Crippen MR) is 94.0 cm³/mol. The second-order valence-corrected chi connectivity index (χ2v) is 7.30. The lowest BCUT2D eigenvalue weighted by molar-refractivity contribution is -0.149. The molecule has 2 aliphatic rings. The SMILES string of the molecule is CCc1nc(C(=O)N2C[C@@H]3CCC[C@@]3(C(=O)O)C2)nn1-c1ccccc1F. The first kappa shape index (κ1) is 17.6. The number of amides is 1. The van der Waals surface area contributed by atoms with Gasteiger partial charge in [-0.25, -0.2) is 14.1 Å². The number of rotatable bonds is 4. The second-order valence-electron chi connectivity index (χ2n) is 7.30. The molecule has 1 amide bonds. The van der Waals surface area contributed by atoms with Gasteiger partial charge in [-0.2, -0.15) is 0 Å². The number of hydrogen-bond donors (Lipinski definition) is 1. The standard InChI is InChI=1S/C19H21FN4O3/c1-2-15-21-16(22-24(15)14-8-4-3-7-13(14)20)17(25)23-10-12-6-5-9-19(12,11-23)18(26)27/h3-4,7-8,12H,2,5-6,9-11H2,1H3,(H,26,27)/t12-,19+/m0/s1. The van der Waals surface area contributed by atoms with E-state index in [0.29, 0.717) is 25.2 Å². The normalized spacial score (nSPS) is 24.2. The summed E-state index contributed by atoms with van der Waals surface area (Å²) in [6.07, 6.45) is 2.76. The number of aryl methyl sites for hydroxylation is 1. The molecule has 8 heteroatoms. The summed E-state index contributed by atoms with van der Waals surface area (Å²) in [6.45, 7) is 2.44. The van der Waals surface area contributed by atoms with Crippen LogP contribution in [-0.4, -0.2) is 49.7 Å². The van der Waals surface area contributed by atoms with E-state index < -0.39 is 23.1 Å². The number of carboxylic acid groups (broad SMARTS) is 1. The number of hydrogen-bond acceptors (Lipinski definition) is 4. The van der Waals surface area contributed by atoms with Crippen LogP contribution in [0.2, 0.25) is 0 Å². The Balaban J connectivity index is 1.64. The average molecular weight is 372 g/mol. The van der Waals surface area contributed by atoms with Crippen molar-refractivity contribution in [1.29, 1.82) is 0 Å². The summed E-state index contributed by atoms with van der Waals surface area (Å²) in [4.78, 5) is 30.6. The summed E-state index contributed by atoms with van der Waals surface area (Å²) >= 11 is 0. The van der Waals surface area contributed by atoms with Gasteiger partial charge in [0.1, 0.15) is 17.3 Å². The average Bonchev–Trinajstić information content (AvgIpc) is 3.33. The lowest BCUT2D eigenvalue weighted by atomic mass is 9.81. The maximum absolute atomic E-state index is 14.1. The molecule has 2 heterocycles. The molecule has 0 unspecified atom stereocenters. The Morgan fingerprint density at radius 1 is 1.37 bits per heavy atom. The number of nitrogens with zero attached hydrogens (tertiary/aromatic N) is 4. The van der Waals surface area contributed by atoms with E-state index in [1.807, 2.05) is 6.92 Å². The molecule has 4 rings (SSSR count). The fourth-order valence-corrected chi connectivity index (χ4v) is 4.42. The van der Waals surface area contributed by atoms with Gasteiger partial charge in [-0.1, -0.05) is 25.5 Å². The zero-order valence-corrected chi connectivity index (χ0v) is 15.1. The van der Waals surface area contributed by atoms with Crippen LogP contribution in [0, 0.1) is 17.2 Å². The number of aromatic nitrogens is 3. The summed E-state index contributed by atoms with van der Waals surface area (Å²) in [6, 6.07) is 6.19. The molecule has 7 nitrogen and oxygen atoms in total. The monoisotopic (exact) mass is 372 g/mol. The van der Waals surface area contributed by atoms with Gasteiger partial charge >= 0.3 is 5.97 Å². The van der Waals surface area contributed by atoms with Gasteiger partial charge in [-0.3, -0.25) is 9.59 Å². The molecule has 1 aliphatic carbocycles. The smallest absolute Gasteiger partial charge is 0.311 e. The number of halogens is 1. The quantitative estimate of drug-likeness (QED) is 0.890. The van der Waals surface area contributed by atoms with Crippen molar-refractivity contribution in [2.75, 3.05) is 13.1 Å². The molecule has 2 fully saturated rings. The predicted octanol–water partition coefficient (Wildman–Crippen LogP) is 2.30. The third kappa shape index (κ3) is 2.70. The first-order valence-corrected chi connectivity index (χ1v) is 9.20. The molecule has 2 aromatic rings. The Kier molecular flexibility index (Phi) is 4.20. The Labute approximate surface area is 155 Å². The Bertz CT molecular complexity index is 912. The number of para-hydroxylation sites is 1. The molecule has 1 aromatic carbocycles. The molecular formula is C19H21FN4O3. The molecular weight excluding hydrogens is 351 g/mol. The Hall–Kier alpha value is -2.77. The van der Waals surface area contributed by atoms with E-state index >= 15 is 0 Å². The topological polar surface area (TPSA) is 88.3 Å². The van der Waals surface area contributed by atoms with Crippen molar-refractivity contribution < 1.29 is 19.1 Å². The number of carbonyl (C=O) groups excluding carboxylic acids is 1. The van der Waals surface area contributed by atoms with Gasteiger partial charge in [-0.15, -0.1) is 5.10 Å². The van der Waals surface area contributed by atoms with Crippen LogP contribution in [0.25, 0.3) is 5.69 Å². The maximum atomic E-state index is 14.1. The van der Waals surface area contributed by atoms with Crippen molar-refractivity contribution in [2.45, 2.75) is 32.6 Å². The molecule has 0 bridgehead atoms. The van der Waals surface area contributed by atoms with E-state index in [2.05, 4.69) is 10.1 Å². The fourth-order valence-electron chi connectivity index (χ4n) is 4.42. The first-order valence-electron chi connectivity index (χ1n) is 9.20. The van der Waals surface area contributed by atoms with Crippen molar-refractivity contribution in [1.82, 2.24) is 19.7 Å². The lowest BCUT2D eigenvalue weighted by Crippen LogP contribution is -2.37. The van der Waals surface area contributed by atoms with Crippen LogP contribution in [-0.2, 0) is 11.2 Å². The molecule has 1 aliphatic heterocycles. The minimum Gasteiger partial charge on any atom is -0.481 e. The highest BCUT2D eigenvalue weighted by molar-refractivity contribution is 5.91. The highest BCUT2D eigenvalue weighted by atomic mass is 19.1. The molecule has 1 N–H and O–H groups in total. The summed E-state index contributed by atoms with van der Waals surface area (Å²) in [5, 5.41) is 13.9. The zero-order valence-electron chi connectivity index (χ0n) is 15.1. The van der Waals surface area contributed by atoms with Crippen molar-refractivity contribution in [3.63, 3.8) is 0 Å². The van der Waals surface area contributed by atoms with Crippen LogP contribution >= 0.6 is 0 Å². The van der Waals surface area contributed by atoms with Gasteiger partial charge in [-0.05, 0) is 30.9 Å². The molecule has 1 saturated heterocycles. The van der Waals surface area contributed by atoms with Crippen molar-refractivity contribution >= 4 is 11.9 Å². The number of carbonyl (C=O) groups is 2. The minimum absolute atomic E-state index is 0.0179. The molecule has 27 heavy (non-hydrogen) atoms. The van der Waals surface area contributed by atoms with E-state index in [0.717, 1.165) is 12.8 Å². The first-order chi connectivity index (χ1) is 13.0. The minimum atomic E-state index is -0.850. The number of carboxylic acids is 1. The fraction of sp³-hybridized carbons (Fsp3) is 0.474. The van der Waals surface area contributed by atoms with Crippen LogP contribution in [0.5, 0.6) is 0 Å². The van der Waals surface area contributed by atoms with E-state index in [4.69, 9.17) is 0 Å². The summed E-state index contributed by atoms with van der Waals surface area (Å²) in [5.74, 6) is -1.24. The van der Waals surface area contributed by atoms with Gasteiger partial charge in [0.05, 0.1) is 5.41 Å². The van der Waals surface area contributed by atoms with E-state index in [-0.39, 0.29) is 24.0 Å². The highest BCUT2D eigenvalue weighted by Gasteiger charge is 2.56. The number of aliphatic carboxylic acids is 1. The number of likely N-dealkylation sites (tertiary alicyclic amines) is 1. The molecule has 1 saturated carbocycles. The van der Waals surface area contributed by atoms with Crippen LogP contribution in [0.15, 0.2) is 24.3 Å². The van der Waals surface area contributed by atoms with Crippen molar-refractivity contribution in [3.05, 3.63) is 41.7 Å². The number of benzene rings is 1. The lowest BCUT2D eigenvalue weighted by Gasteiger charge is -2.22. The van der Waals surface area contributed by atoms with Crippen LogP contribution in [0.4, 0.5) is 4.39 Å².